The lowest BCUT2D eigenvalue weighted by molar-refractivity contribution is -0.126. The van der Waals surface area contributed by atoms with Crippen molar-refractivity contribution >= 4 is 11.9 Å². The van der Waals surface area contributed by atoms with Crippen molar-refractivity contribution in [2.45, 2.75) is 70.9 Å². The van der Waals surface area contributed by atoms with Crippen LogP contribution in [0.1, 0.15) is 58.8 Å². The average molecular weight is 353 g/mol. The first-order chi connectivity index (χ1) is 12.0. The van der Waals surface area contributed by atoms with Crippen molar-refractivity contribution in [2.24, 2.45) is 5.92 Å². The maximum absolute atomic E-state index is 12.4. The highest BCUT2D eigenvalue weighted by Crippen LogP contribution is 2.20. The molecule has 6 heteroatoms. The molecule has 0 aromatic rings. The third-order valence-electron chi connectivity index (χ3n) is 5.63. The number of hydrogen-bond acceptors (Lipinski definition) is 3. The molecule has 0 bridgehead atoms. The zero-order chi connectivity index (χ0) is 18.2. The number of nitrogens with zero attached hydrogens (tertiary/aromatic N) is 2. The molecule has 0 radical (unpaired) electrons. The lowest BCUT2D eigenvalue weighted by Gasteiger charge is -2.33. The van der Waals surface area contributed by atoms with Gasteiger partial charge in [-0.1, -0.05) is 12.8 Å². The Morgan fingerprint density at radius 2 is 1.88 bits per heavy atom. The Bertz CT molecular complexity index is 435. The van der Waals surface area contributed by atoms with E-state index in [0.29, 0.717) is 25.2 Å². The summed E-state index contributed by atoms with van der Waals surface area (Å²) in [5.41, 5.74) is 0. The molecule has 1 saturated carbocycles. The second kappa shape index (κ2) is 10.00. The van der Waals surface area contributed by atoms with E-state index < -0.39 is 0 Å². The van der Waals surface area contributed by atoms with Crippen molar-refractivity contribution < 1.29 is 9.59 Å². The Morgan fingerprint density at radius 1 is 1.16 bits per heavy atom. The fourth-order valence-corrected chi connectivity index (χ4v) is 3.65. The topological polar surface area (TPSA) is 64.7 Å². The molecule has 2 rings (SSSR count). The van der Waals surface area contributed by atoms with E-state index in [0.717, 1.165) is 45.2 Å². The highest BCUT2D eigenvalue weighted by Gasteiger charge is 2.29. The number of nitrogens with one attached hydrogen (secondary N) is 2. The van der Waals surface area contributed by atoms with Crippen LogP contribution in [0, 0.1) is 5.92 Å². The van der Waals surface area contributed by atoms with E-state index in [1.165, 1.54) is 12.8 Å². The first-order valence-corrected chi connectivity index (χ1v) is 10.0. The Morgan fingerprint density at radius 3 is 2.56 bits per heavy atom. The van der Waals surface area contributed by atoms with Crippen molar-refractivity contribution in [3.63, 3.8) is 0 Å². The summed E-state index contributed by atoms with van der Waals surface area (Å²) in [5.74, 6) is 0.0384. The molecule has 1 aliphatic heterocycles. The molecule has 1 saturated heterocycles. The Labute approximate surface area is 152 Å². The van der Waals surface area contributed by atoms with Gasteiger partial charge in [0.15, 0.2) is 0 Å². The predicted octanol–water partition coefficient (Wildman–Crippen LogP) is 2.20. The second-order valence-corrected chi connectivity index (χ2v) is 7.93. The van der Waals surface area contributed by atoms with Gasteiger partial charge < -0.3 is 20.4 Å². The van der Waals surface area contributed by atoms with E-state index in [-0.39, 0.29) is 17.9 Å². The number of carbonyl (C=O) groups excluding carboxylic acids is 2. The van der Waals surface area contributed by atoms with Crippen LogP contribution in [0.25, 0.3) is 0 Å². The van der Waals surface area contributed by atoms with Gasteiger partial charge >= 0.3 is 6.03 Å². The molecular formula is C19H36N4O2. The summed E-state index contributed by atoms with van der Waals surface area (Å²) >= 11 is 0. The maximum atomic E-state index is 12.4. The molecule has 0 aromatic carbocycles. The van der Waals surface area contributed by atoms with Crippen LogP contribution in [0.15, 0.2) is 0 Å². The number of urea groups is 1. The van der Waals surface area contributed by atoms with Crippen molar-refractivity contribution in [2.75, 3.05) is 33.2 Å². The van der Waals surface area contributed by atoms with Crippen molar-refractivity contribution in [1.29, 1.82) is 0 Å². The van der Waals surface area contributed by atoms with Gasteiger partial charge in [0.2, 0.25) is 5.91 Å². The fraction of sp³-hybridized carbons (Fsp3) is 0.895. The summed E-state index contributed by atoms with van der Waals surface area (Å²) in [5, 5.41) is 6.19. The average Bonchev–Trinajstić information content (AvgIpc) is 3.11. The van der Waals surface area contributed by atoms with Gasteiger partial charge in [0.05, 0.1) is 5.92 Å². The molecule has 6 nitrogen and oxygen atoms in total. The minimum atomic E-state index is -0.0640. The molecule has 1 atom stereocenters. The first-order valence-electron chi connectivity index (χ1n) is 10.0. The van der Waals surface area contributed by atoms with E-state index in [9.17, 15) is 9.59 Å². The maximum Gasteiger partial charge on any atom is 0.317 e. The van der Waals surface area contributed by atoms with Gasteiger partial charge in [-0.15, -0.1) is 0 Å². The molecule has 0 aromatic heterocycles. The van der Waals surface area contributed by atoms with Crippen LogP contribution in [-0.2, 0) is 4.79 Å². The van der Waals surface area contributed by atoms with Gasteiger partial charge in [-0.2, -0.15) is 0 Å². The fourth-order valence-electron chi connectivity index (χ4n) is 3.65. The third-order valence-corrected chi connectivity index (χ3v) is 5.63. The van der Waals surface area contributed by atoms with Crippen molar-refractivity contribution in [3.8, 4) is 0 Å². The van der Waals surface area contributed by atoms with Crippen LogP contribution in [0.5, 0.6) is 0 Å². The molecule has 144 valence electrons. The highest BCUT2D eigenvalue weighted by molar-refractivity contribution is 5.80. The van der Waals surface area contributed by atoms with Crippen LogP contribution in [0.3, 0.4) is 0 Å². The normalized spacial score (nSPS) is 21.8. The van der Waals surface area contributed by atoms with Gasteiger partial charge in [0.1, 0.15) is 0 Å². The SMILES string of the molecule is CC(C)N(C)CCCNC(=O)[C@H]1CCCN(C(=O)NC2CCCC2)C1. The highest BCUT2D eigenvalue weighted by atomic mass is 16.2. The largest absolute Gasteiger partial charge is 0.356 e. The summed E-state index contributed by atoms with van der Waals surface area (Å²) in [4.78, 5) is 28.9. The summed E-state index contributed by atoms with van der Waals surface area (Å²) in [6, 6.07) is 0.878. The second-order valence-electron chi connectivity index (χ2n) is 7.93. The number of likely N-dealkylation sites (tertiary alicyclic amines) is 1. The molecule has 25 heavy (non-hydrogen) atoms. The Hall–Kier alpha value is -1.30. The number of piperidine rings is 1. The first kappa shape index (κ1) is 20.0. The molecule has 0 unspecified atom stereocenters. The van der Waals surface area contributed by atoms with Crippen molar-refractivity contribution in [3.05, 3.63) is 0 Å². The third kappa shape index (κ3) is 6.49. The van der Waals surface area contributed by atoms with Crippen LogP contribution in [0.4, 0.5) is 4.79 Å². The summed E-state index contributed by atoms with van der Waals surface area (Å²) in [6.07, 6.45) is 7.35. The van der Waals surface area contributed by atoms with E-state index in [4.69, 9.17) is 0 Å². The lowest BCUT2D eigenvalue weighted by atomic mass is 9.97. The monoisotopic (exact) mass is 352 g/mol. The smallest absolute Gasteiger partial charge is 0.317 e. The Kier molecular flexibility index (Phi) is 8.00. The van der Waals surface area contributed by atoms with Gasteiger partial charge in [0, 0.05) is 31.7 Å². The zero-order valence-corrected chi connectivity index (χ0v) is 16.2. The van der Waals surface area contributed by atoms with Crippen LogP contribution in [0.2, 0.25) is 0 Å². The molecular weight excluding hydrogens is 316 g/mol. The van der Waals surface area contributed by atoms with E-state index in [1.54, 1.807) is 0 Å². The summed E-state index contributed by atoms with van der Waals surface area (Å²) in [7, 11) is 2.11. The lowest BCUT2D eigenvalue weighted by Crippen LogP contribution is -2.50. The van der Waals surface area contributed by atoms with Gasteiger partial charge in [-0.05, 0) is 59.5 Å². The standard InChI is InChI=1S/C19H36N4O2/c1-15(2)22(3)12-7-11-20-18(24)16-8-6-13-23(14-16)19(25)21-17-9-4-5-10-17/h15-17H,4-14H2,1-3H3,(H,20,24)(H,21,25)/t16-/m0/s1. The molecule has 2 fully saturated rings. The van der Waals surface area contributed by atoms with Gasteiger partial charge in [-0.3, -0.25) is 4.79 Å². The van der Waals surface area contributed by atoms with Gasteiger partial charge in [0.25, 0.3) is 0 Å². The van der Waals surface area contributed by atoms with Crippen LogP contribution < -0.4 is 10.6 Å². The van der Waals surface area contributed by atoms with Gasteiger partial charge in [-0.25, -0.2) is 4.79 Å². The quantitative estimate of drug-likeness (QED) is 0.691. The van der Waals surface area contributed by atoms with E-state index in [1.807, 2.05) is 4.90 Å². The predicted molar refractivity (Wildman–Crippen MR) is 100 cm³/mol. The molecule has 1 heterocycles. The number of amides is 3. The summed E-state index contributed by atoms with van der Waals surface area (Å²) in [6.45, 7) is 7.36. The number of rotatable bonds is 7. The molecule has 0 spiro atoms. The molecule has 1 aliphatic carbocycles. The van der Waals surface area contributed by atoms with Crippen LogP contribution >= 0.6 is 0 Å². The van der Waals surface area contributed by atoms with Crippen molar-refractivity contribution in [1.82, 2.24) is 20.4 Å². The van der Waals surface area contributed by atoms with E-state index >= 15 is 0 Å². The zero-order valence-electron chi connectivity index (χ0n) is 16.2. The Balaban J connectivity index is 1.68. The number of hydrogen-bond donors (Lipinski definition) is 2. The number of carbonyl (C=O) groups is 2. The molecule has 2 N–H and O–H groups in total. The molecule has 3 amide bonds. The minimum absolute atomic E-state index is 0.0166. The van der Waals surface area contributed by atoms with E-state index in [2.05, 4.69) is 36.4 Å². The van der Waals surface area contributed by atoms with Crippen LogP contribution in [-0.4, -0.2) is 67.0 Å². The minimum Gasteiger partial charge on any atom is -0.356 e. The molecule has 2 aliphatic rings. The summed E-state index contributed by atoms with van der Waals surface area (Å²) < 4.78 is 0.